The zero-order chi connectivity index (χ0) is 27.6. The van der Waals surface area contributed by atoms with Crippen LogP contribution in [0.1, 0.15) is 44.9 Å². The molecule has 2 N–H and O–H groups in total. The van der Waals surface area contributed by atoms with Crippen molar-refractivity contribution in [1.82, 2.24) is 0 Å². The van der Waals surface area contributed by atoms with E-state index in [-0.39, 0.29) is 13.4 Å². The van der Waals surface area contributed by atoms with E-state index in [0.29, 0.717) is 57.6 Å². The first-order valence-electron chi connectivity index (χ1n) is 12.5. The lowest BCUT2D eigenvalue weighted by Crippen LogP contribution is -2.49. The number of rotatable bonds is 3. The highest BCUT2D eigenvalue weighted by molar-refractivity contribution is 5.89. The van der Waals surface area contributed by atoms with E-state index in [4.69, 9.17) is 33.2 Å². The number of fused-ring (bicyclic) bond motifs is 2. The van der Waals surface area contributed by atoms with Gasteiger partial charge < -0.3 is 43.4 Å². The van der Waals surface area contributed by atoms with E-state index in [1.807, 2.05) is 13.0 Å². The highest BCUT2D eigenvalue weighted by Crippen LogP contribution is 2.59. The fourth-order valence-electron chi connectivity index (χ4n) is 5.37. The average molecular weight is 531 g/mol. The maximum absolute atomic E-state index is 13.5. The Kier molecular flexibility index (Phi) is 6.30. The van der Waals surface area contributed by atoms with E-state index in [1.165, 1.54) is 28.3 Å². The second-order valence-corrected chi connectivity index (χ2v) is 10.6. The van der Waals surface area contributed by atoms with Gasteiger partial charge in [-0.2, -0.15) is 0 Å². The molecule has 2 bridgehead atoms. The smallest absolute Gasteiger partial charge is 0.338 e. The maximum atomic E-state index is 13.5. The van der Waals surface area contributed by atoms with Crippen LogP contribution in [0.15, 0.2) is 12.1 Å². The van der Waals surface area contributed by atoms with Crippen molar-refractivity contribution in [3.05, 3.63) is 23.3 Å². The van der Waals surface area contributed by atoms with Gasteiger partial charge in [0.2, 0.25) is 18.3 Å². The molecule has 5 rings (SSSR count). The predicted molar refractivity (Wildman–Crippen MR) is 135 cm³/mol. The number of esters is 1. The van der Waals surface area contributed by atoms with Crippen LogP contribution in [-0.2, 0) is 16.0 Å². The van der Waals surface area contributed by atoms with Gasteiger partial charge in [-0.15, -0.1) is 0 Å². The summed E-state index contributed by atoms with van der Waals surface area (Å²) in [7, 11) is 4.47. The van der Waals surface area contributed by atoms with Crippen molar-refractivity contribution in [3.8, 4) is 45.6 Å². The largest absolute Gasteiger partial charge is 0.493 e. The molecule has 0 amide bonds. The van der Waals surface area contributed by atoms with E-state index in [9.17, 15) is 15.0 Å². The molecule has 1 aliphatic carbocycles. The van der Waals surface area contributed by atoms with E-state index >= 15 is 0 Å². The van der Waals surface area contributed by atoms with Crippen LogP contribution in [0.4, 0.5) is 0 Å². The van der Waals surface area contributed by atoms with Gasteiger partial charge in [0.1, 0.15) is 5.60 Å². The molecule has 10 nitrogen and oxygen atoms in total. The van der Waals surface area contributed by atoms with E-state index in [1.54, 1.807) is 19.9 Å². The Morgan fingerprint density at radius 1 is 0.895 bits per heavy atom. The molecule has 3 aliphatic rings. The first-order valence-corrected chi connectivity index (χ1v) is 12.5. The molecule has 3 unspecified atom stereocenters. The Morgan fingerprint density at radius 3 is 2.26 bits per heavy atom. The van der Waals surface area contributed by atoms with Crippen LogP contribution in [-0.4, -0.2) is 62.1 Å². The van der Waals surface area contributed by atoms with Crippen molar-refractivity contribution in [2.24, 2.45) is 11.8 Å². The van der Waals surface area contributed by atoms with Crippen molar-refractivity contribution in [2.45, 2.75) is 51.4 Å². The third-order valence-corrected chi connectivity index (χ3v) is 8.22. The Bertz CT molecular complexity index is 1280. The van der Waals surface area contributed by atoms with Gasteiger partial charge in [-0.1, -0.05) is 13.8 Å². The zero-order valence-corrected chi connectivity index (χ0v) is 22.7. The molecule has 2 aromatic carbocycles. The summed E-state index contributed by atoms with van der Waals surface area (Å²) in [6.07, 6.45) is -0.830. The lowest BCUT2D eigenvalue weighted by atomic mass is 9.73. The van der Waals surface area contributed by atoms with Gasteiger partial charge in [-0.05, 0) is 43.9 Å². The molecule has 10 heteroatoms. The molecule has 2 heterocycles. The molecule has 0 saturated heterocycles. The number of benzene rings is 2. The summed E-state index contributed by atoms with van der Waals surface area (Å²) in [6, 6.07) is 3.54. The highest BCUT2D eigenvalue weighted by atomic mass is 16.7. The van der Waals surface area contributed by atoms with Crippen molar-refractivity contribution in [1.29, 1.82) is 0 Å². The number of methoxy groups -OCH3 is 3. The molecule has 0 radical (unpaired) electrons. The lowest BCUT2D eigenvalue weighted by molar-refractivity contribution is -0.194. The SMILES string of the molecule is COc1cc2c(c(OC)c1OC)-c1c3cc4c(c1OCC(C)C(C)(O)C(=O)OC2[C@](C)(O)[C@@H](C)C3)OCO4. The molecule has 38 heavy (non-hydrogen) atoms. The third kappa shape index (κ3) is 3.72. The first-order chi connectivity index (χ1) is 18.0. The van der Waals surface area contributed by atoms with Gasteiger partial charge >= 0.3 is 5.97 Å². The van der Waals surface area contributed by atoms with Gasteiger partial charge in [-0.25, -0.2) is 4.79 Å². The van der Waals surface area contributed by atoms with Crippen molar-refractivity contribution < 1.29 is 48.2 Å². The standard InChI is InChI=1S/C28H34O10/c1-13-8-15-9-18-22(37-12-36-18)24-19(15)20-16(10-17(32-5)21(33-6)23(20)34-7)25(27(13,3)30)38-26(29)28(4,31)14(2)11-35-24/h9-10,13-14,25,30-31H,8,11-12H2,1-7H3/t13-,14?,25?,27+,28?/m0/s1. The van der Waals surface area contributed by atoms with Crippen LogP contribution in [0.5, 0.6) is 34.5 Å². The monoisotopic (exact) mass is 530 g/mol. The number of hydrogen-bond acceptors (Lipinski definition) is 10. The molecule has 0 fully saturated rings. The van der Waals surface area contributed by atoms with Crippen LogP contribution in [0.2, 0.25) is 0 Å². The summed E-state index contributed by atoms with van der Waals surface area (Å²) in [5.41, 5.74) is -1.15. The number of carbonyl (C=O) groups excluding carboxylic acids is 1. The number of ether oxygens (including phenoxy) is 7. The number of aliphatic hydroxyl groups is 2. The highest BCUT2D eigenvalue weighted by Gasteiger charge is 2.50. The summed E-state index contributed by atoms with van der Waals surface area (Å²) >= 11 is 0. The zero-order valence-electron chi connectivity index (χ0n) is 22.7. The Labute approximate surface area is 221 Å². The second kappa shape index (κ2) is 9.13. The van der Waals surface area contributed by atoms with Crippen LogP contribution >= 0.6 is 0 Å². The minimum atomic E-state index is -1.92. The molecule has 0 spiro atoms. The Hall–Kier alpha value is -3.37. The summed E-state index contributed by atoms with van der Waals surface area (Å²) < 4.78 is 41.2. The fourth-order valence-corrected chi connectivity index (χ4v) is 5.37. The van der Waals surface area contributed by atoms with Crippen molar-refractivity contribution in [2.75, 3.05) is 34.7 Å². The molecule has 2 aliphatic heterocycles. The summed E-state index contributed by atoms with van der Waals surface area (Å²) in [5.74, 6) is 0.241. The topological polar surface area (TPSA) is 122 Å². The molecule has 2 aromatic rings. The normalized spacial score (nSPS) is 29.7. The molecule has 206 valence electrons. The first kappa shape index (κ1) is 26.2. The van der Waals surface area contributed by atoms with Gasteiger partial charge in [0, 0.05) is 22.6 Å². The van der Waals surface area contributed by atoms with E-state index < -0.39 is 35.1 Å². The summed E-state index contributed by atoms with van der Waals surface area (Å²) in [6.45, 7) is 6.54. The summed E-state index contributed by atoms with van der Waals surface area (Å²) in [5, 5.41) is 23.3. The molecule has 0 saturated carbocycles. The average Bonchev–Trinajstić information content (AvgIpc) is 3.35. The van der Waals surface area contributed by atoms with E-state index in [0.717, 1.165) is 5.56 Å². The predicted octanol–water partition coefficient (Wildman–Crippen LogP) is 3.42. The van der Waals surface area contributed by atoms with Gasteiger partial charge in [0.05, 0.1) is 27.9 Å². The number of hydrogen-bond donors (Lipinski definition) is 2. The number of carbonyl (C=O) groups is 1. The van der Waals surface area contributed by atoms with Crippen LogP contribution in [0.3, 0.4) is 0 Å². The molecular formula is C28H34O10. The van der Waals surface area contributed by atoms with Crippen LogP contribution < -0.4 is 28.4 Å². The third-order valence-electron chi connectivity index (χ3n) is 8.22. The quantitative estimate of drug-likeness (QED) is 0.571. The maximum Gasteiger partial charge on any atom is 0.338 e. The van der Waals surface area contributed by atoms with E-state index in [2.05, 4.69) is 0 Å². The Morgan fingerprint density at radius 2 is 1.61 bits per heavy atom. The second-order valence-electron chi connectivity index (χ2n) is 10.6. The molecular weight excluding hydrogens is 496 g/mol. The van der Waals surface area contributed by atoms with Crippen LogP contribution in [0, 0.1) is 11.8 Å². The Balaban J connectivity index is 1.98. The molecule has 0 aromatic heterocycles. The van der Waals surface area contributed by atoms with Crippen molar-refractivity contribution in [3.63, 3.8) is 0 Å². The van der Waals surface area contributed by atoms with Crippen molar-refractivity contribution >= 4 is 5.97 Å². The molecule has 5 atom stereocenters. The van der Waals surface area contributed by atoms with Gasteiger partial charge in [-0.3, -0.25) is 0 Å². The lowest BCUT2D eigenvalue weighted by Gasteiger charge is -2.41. The fraction of sp³-hybridized carbons (Fsp3) is 0.536. The van der Waals surface area contributed by atoms with Crippen LogP contribution in [0.25, 0.3) is 11.1 Å². The van der Waals surface area contributed by atoms with Gasteiger partial charge in [0.15, 0.2) is 34.7 Å². The minimum absolute atomic E-state index is 0.00920. The van der Waals surface area contributed by atoms with Gasteiger partial charge in [0.25, 0.3) is 0 Å². The summed E-state index contributed by atoms with van der Waals surface area (Å²) in [4.78, 5) is 13.5. The minimum Gasteiger partial charge on any atom is -0.493 e.